The molecule has 4 rings (SSSR count). The van der Waals surface area contributed by atoms with Crippen LogP contribution < -0.4 is 43.0 Å². The van der Waals surface area contributed by atoms with E-state index >= 15 is 0 Å². The van der Waals surface area contributed by atoms with Gasteiger partial charge in [0.25, 0.3) is 17.7 Å². The smallest absolute Gasteiger partial charge is 0.407 e. The Hall–Kier alpha value is -7.48. The summed E-state index contributed by atoms with van der Waals surface area (Å²) in [6.07, 6.45) is 6.66. The van der Waals surface area contributed by atoms with E-state index in [4.69, 9.17) is 10.5 Å². The number of anilines is 1. The number of piperidine rings is 1. The van der Waals surface area contributed by atoms with Crippen LogP contribution in [0.15, 0.2) is 41.8 Å². The zero-order valence-corrected chi connectivity index (χ0v) is 54.0. The number of urea groups is 1. The van der Waals surface area contributed by atoms with Gasteiger partial charge in [0.1, 0.15) is 28.8 Å². The van der Waals surface area contributed by atoms with Crippen molar-refractivity contribution in [1.82, 2.24) is 51.6 Å². The van der Waals surface area contributed by atoms with Crippen LogP contribution in [0.3, 0.4) is 0 Å². The lowest BCUT2D eigenvalue weighted by Crippen LogP contribution is -2.58. The first-order valence-corrected chi connectivity index (χ1v) is 31.7. The topological polar surface area (TPSA) is 350 Å². The second-order valence-corrected chi connectivity index (χ2v) is 25.3. The van der Waals surface area contributed by atoms with Crippen molar-refractivity contribution in [2.45, 2.75) is 195 Å². The van der Waals surface area contributed by atoms with Crippen molar-refractivity contribution in [1.29, 1.82) is 0 Å². The van der Waals surface area contributed by atoms with Gasteiger partial charge < -0.3 is 57.7 Å². The highest BCUT2D eigenvalue weighted by molar-refractivity contribution is 7.09. The summed E-state index contributed by atoms with van der Waals surface area (Å²) in [7, 11) is 3.34. The Morgan fingerprint density at radius 1 is 0.864 bits per heavy atom. The Morgan fingerprint density at radius 3 is 2.14 bits per heavy atom. The standard InChI is InChI=1S/C62H96N12O13S/c1-12-30-73(58(82)52(39(7)13-2)71-55(80)45-21-16-18-31-72(45)11)46(37(3)4)34-47(87-61(86)64-10)57-69-44(36-88-57)54(79)67-42(35-62(8,9)59(83)84)33-40-23-25-41(26-24-40)66-53(78)43(20-19-29-65-60(63)85)68-56(81)51(38(5)6)70-48(75)22-15-14-17-32-74-49(76)27-28-50(74)77/h23-28,36-39,42-43,45-47,51-52H,12-22,29-35H2,1-11H3,(H,64,86)(H,66,78)(H,67,79)(H,68,81)(H,70,75)(H,71,80)(H,83,84)(H3,63,65,85)/t39-,42-,43-,45+,46+,47+,51-,52-/m0/s1. The molecule has 1 aromatic carbocycles. The first-order chi connectivity index (χ1) is 41.6. The number of hydrogen-bond donors (Lipinski definition) is 9. The molecule has 25 nitrogen and oxygen atoms in total. The average molecular weight is 1250 g/mol. The van der Waals surface area contributed by atoms with Crippen molar-refractivity contribution in [2.75, 3.05) is 45.6 Å². The molecule has 8 atom stereocenters. The van der Waals surface area contributed by atoms with Gasteiger partial charge in [-0.3, -0.25) is 53.0 Å². The van der Waals surface area contributed by atoms with Gasteiger partial charge in [-0.15, -0.1) is 11.3 Å². The fraction of sp³-hybridized carbons (Fsp3) is 0.645. The van der Waals surface area contributed by atoms with Crippen LogP contribution in [0, 0.1) is 23.2 Å². The molecule has 0 aliphatic carbocycles. The molecule has 1 fully saturated rings. The van der Waals surface area contributed by atoms with Gasteiger partial charge in [0, 0.05) is 74.8 Å². The summed E-state index contributed by atoms with van der Waals surface area (Å²) in [5, 5.41) is 31.5. The number of rotatable bonds is 36. The van der Waals surface area contributed by atoms with Crippen LogP contribution in [-0.2, 0) is 49.5 Å². The molecule has 2 aliphatic rings. The van der Waals surface area contributed by atoms with Gasteiger partial charge >= 0.3 is 18.1 Å². The SMILES string of the molecule is CCCN(C(=O)[C@@H](NC(=O)[C@H]1CCCCN1C)[C@@H](C)CC)[C@H](C[C@@H](OC(=O)NC)c1nc(C(=O)N[C@@H](Cc2ccc(NC(=O)[C@H](CCCNC(N)=O)NC(=O)[C@@H](NC(=O)CCCCCN3C(=O)C=CC3=O)C(C)C)cc2)CC(C)(C)C(=O)O)cs1)C(C)C. The van der Waals surface area contributed by atoms with Gasteiger partial charge in [0.05, 0.1) is 11.5 Å². The molecule has 10 N–H and O–H groups in total. The number of aromatic nitrogens is 1. The number of thiazole rings is 1. The van der Waals surface area contributed by atoms with E-state index in [1.54, 1.807) is 56.9 Å². The fourth-order valence-corrected chi connectivity index (χ4v) is 11.5. The van der Waals surface area contributed by atoms with Gasteiger partial charge in [0.2, 0.25) is 29.5 Å². The van der Waals surface area contributed by atoms with Crippen LogP contribution in [0.1, 0.15) is 173 Å². The quantitative estimate of drug-likeness (QED) is 0.0298. The number of benzene rings is 1. The molecule has 0 unspecified atom stereocenters. The van der Waals surface area contributed by atoms with Crippen molar-refractivity contribution in [3.8, 4) is 0 Å². The van der Waals surface area contributed by atoms with Gasteiger partial charge in [-0.05, 0) is 121 Å². The lowest BCUT2D eigenvalue weighted by Gasteiger charge is -2.40. The number of carboxylic acid groups (broad SMARTS) is 1. The van der Waals surface area contributed by atoms with E-state index in [-0.39, 0.29) is 110 Å². The molecule has 0 bridgehead atoms. The number of likely N-dealkylation sites (N-methyl/N-ethyl adjacent to an activating group) is 1. The van der Waals surface area contributed by atoms with Crippen LogP contribution in [0.4, 0.5) is 15.3 Å². The number of nitrogens with one attached hydrogen (secondary N) is 7. The molecule has 1 aromatic heterocycles. The van der Waals surface area contributed by atoms with E-state index in [1.807, 2.05) is 46.6 Å². The lowest BCUT2D eigenvalue weighted by atomic mass is 9.84. The Labute approximate surface area is 521 Å². The summed E-state index contributed by atoms with van der Waals surface area (Å²) in [4.78, 5) is 154. The third-order valence-electron chi connectivity index (χ3n) is 16.1. The summed E-state index contributed by atoms with van der Waals surface area (Å²) in [5.74, 6) is -5.20. The monoisotopic (exact) mass is 1250 g/mol. The summed E-state index contributed by atoms with van der Waals surface area (Å²) in [6.45, 7) is 17.9. The second-order valence-electron chi connectivity index (χ2n) is 24.4. The summed E-state index contributed by atoms with van der Waals surface area (Å²) in [6, 6.07) is 1.32. The first kappa shape index (κ1) is 73.0. The minimum Gasteiger partial charge on any atom is -0.481 e. The number of alkyl carbamates (subject to hydrolysis) is 1. The number of carbonyl (C=O) groups is 11. The number of carboxylic acids is 1. The Bertz CT molecular complexity index is 2740. The maximum absolute atomic E-state index is 14.9. The zero-order chi connectivity index (χ0) is 65.4. The number of likely N-dealkylation sites (tertiary alicyclic amines) is 1. The number of unbranched alkanes of at least 4 members (excludes halogenated alkanes) is 2. The molecular formula is C62H96N12O13S. The van der Waals surface area contributed by atoms with Gasteiger partial charge in [-0.2, -0.15) is 0 Å². The number of hydrogen-bond acceptors (Lipinski definition) is 15. The molecule has 3 heterocycles. The molecule has 26 heteroatoms. The Balaban J connectivity index is 1.51. The van der Waals surface area contributed by atoms with Crippen LogP contribution in [0.2, 0.25) is 0 Å². The van der Waals surface area contributed by atoms with E-state index < -0.39 is 83.5 Å². The fourth-order valence-electron chi connectivity index (χ4n) is 10.7. The Morgan fingerprint density at radius 2 is 1.55 bits per heavy atom. The molecule has 2 aliphatic heterocycles. The van der Waals surface area contributed by atoms with Gasteiger partial charge in [-0.1, -0.05) is 79.9 Å². The van der Waals surface area contributed by atoms with E-state index in [0.717, 1.165) is 35.6 Å². The normalized spacial score (nSPS) is 16.8. The summed E-state index contributed by atoms with van der Waals surface area (Å²) >= 11 is 1.09. The van der Waals surface area contributed by atoms with Gasteiger partial charge in [0.15, 0.2) is 6.10 Å². The van der Waals surface area contributed by atoms with Crippen molar-refractivity contribution in [3.63, 3.8) is 0 Å². The largest absolute Gasteiger partial charge is 0.481 e. The lowest BCUT2D eigenvalue weighted by molar-refractivity contribution is -0.147. The van der Waals surface area contributed by atoms with Crippen LogP contribution in [-0.4, -0.2) is 167 Å². The van der Waals surface area contributed by atoms with E-state index in [2.05, 4.69) is 42.2 Å². The number of carbonyl (C=O) groups excluding carboxylic acids is 10. The molecule has 0 spiro atoms. The molecule has 88 heavy (non-hydrogen) atoms. The van der Waals surface area contributed by atoms with E-state index in [1.165, 1.54) is 24.6 Å². The predicted molar refractivity (Wildman–Crippen MR) is 333 cm³/mol. The summed E-state index contributed by atoms with van der Waals surface area (Å²) in [5.41, 5.74) is 4.95. The maximum atomic E-state index is 14.9. The molecular weight excluding hydrogens is 1150 g/mol. The van der Waals surface area contributed by atoms with E-state index in [0.29, 0.717) is 56.3 Å². The average Bonchev–Trinajstić information content (AvgIpc) is 3.72. The number of nitrogens with two attached hydrogens (primary N) is 1. The second kappa shape index (κ2) is 35.5. The van der Waals surface area contributed by atoms with Crippen molar-refractivity contribution in [3.05, 3.63) is 58.1 Å². The number of nitrogens with zero attached hydrogens (tertiary/aromatic N) is 4. The number of ether oxygens (including phenoxy) is 1. The molecule has 0 saturated carbocycles. The molecule has 488 valence electrons. The highest BCUT2D eigenvalue weighted by atomic mass is 32.1. The first-order valence-electron chi connectivity index (χ1n) is 30.9. The predicted octanol–water partition coefficient (Wildman–Crippen LogP) is 5.55. The molecule has 11 amide bonds. The van der Waals surface area contributed by atoms with Crippen LogP contribution in [0.5, 0.6) is 0 Å². The Kier molecular flexibility index (Phi) is 29.4. The molecule has 1 saturated heterocycles. The third kappa shape index (κ3) is 22.6. The zero-order valence-electron chi connectivity index (χ0n) is 53.2. The maximum Gasteiger partial charge on any atom is 0.407 e. The number of imide groups is 1. The van der Waals surface area contributed by atoms with Gasteiger partial charge in [-0.25, -0.2) is 14.6 Å². The van der Waals surface area contributed by atoms with Crippen molar-refractivity contribution in [2.24, 2.45) is 28.9 Å². The molecule has 0 radical (unpaired) electrons. The van der Waals surface area contributed by atoms with Crippen LogP contribution in [0.25, 0.3) is 0 Å². The van der Waals surface area contributed by atoms with E-state index in [9.17, 15) is 57.8 Å². The highest BCUT2D eigenvalue weighted by Crippen LogP contribution is 2.33. The molecule has 2 aromatic rings. The highest BCUT2D eigenvalue weighted by Gasteiger charge is 2.40. The number of amides is 11. The minimum absolute atomic E-state index is 0.00805. The minimum atomic E-state index is -1.30. The number of primary amides is 1. The van der Waals surface area contributed by atoms with Crippen molar-refractivity contribution >= 4 is 82.4 Å². The van der Waals surface area contributed by atoms with Crippen molar-refractivity contribution < 1.29 is 62.6 Å². The number of aliphatic carboxylic acids is 1. The summed E-state index contributed by atoms with van der Waals surface area (Å²) < 4.78 is 5.96. The van der Waals surface area contributed by atoms with Crippen LogP contribution >= 0.6 is 11.3 Å². The third-order valence-corrected chi connectivity index (χ3v) is 17.1.